The van der Waals surface area contributed by atoms with E-state index in [0.29, 0.717) is 41.4 Å². The Kier molecular flexibility index (Phi) is 6.46. The Labute approximate surface area is 296 Å². The quantitative estimate of drug-likeness (QED) is 0.190. The maximum Gasteiger partial charge on any atom is 0.0995 e. The van der Waals surface area contributed by atoms with E-state index < -0.39 is 0 Å². The van der Waals surface area contributed by atoms with E-state index in [1.807, 2.05) is 0 Å². The van der Waals surface area contributed by atoms with Crippen LogP contribution in [0.2, 0.25) is 0 Å². The van der Waals surface area contributed by atoms with Crippen molar-refractivity contribution in [1.82, 2.24) is 4.40 Å². The molecule has 0 N–H and O–H groups in total. The zero-order chi connectivity index (χ0) is 34.3. The topological polar surface area (TPSA) is 52.0 Å². The number of nitrogens with zero attached hydrogens (tertiary/aromatic N) is 3. The lowest BCUT2D eigenvalue weighted by Crippen LogP contribution is -2.23. The van der Waals surface area contributed by atoms with Crippen LogP contribution in [0.5, 0.6) is 0 Å². The highest BCUT2D eigenvalue weighted by Crippen LogP contribution is 2.58. The Morgan fingerprint density at radius 3 is 1.30 bits per heavy atom. The lowest BCUT2D eigenvalue weighted by atomic mass is 9.64. The SMILES string of the molecule is CC(C)c1cc(C(C)C)c(-c2cc3c4c5c(c(C#N)cc4n4c6cc(C#N)c7c(c6c(c2)c34)C2CCC7CC2)C2CCC5CC2)c(C(C)C)c1. The van der Waals surface area contributed by atoms with E-state index in [4.69, 9.17) is 0 Å². The second-order valence-corrected chi connectivity index (χ2v) is 17.4. The molecule has 0 saturated heterocycles. The molecule has 0 radical (unpaired) electrons. The van der Waals surface area contributed by atoms with Gasteiger partial charge >= 0.3 is 0 Å². The van der Waals surface area contributed by atoms with Gasteiger partial charge < -0.3 is 4.40 Å². The monoisotopic (exact) mass is 653 g/mol. The summed E-state index contributed by atoms with van der Waals surface area (Å²) < 4.78 is 2.50. The first-order chi connectivity index (χ1) is 24.2. The molecular weight excluding hydrogens is 607 g/mol. The van der Waals surface area contributed by atoms with Gasteiger partial charge in [0.05, 0.1) is 39.8 Å². The lowest BCUT2D eigenvalue weighted by molar-refractivity contribution is 0.360. The number of fused-ring (bicyclic) bond motifs is 10. The van der Waals surface area contributed by atoms with Gasteiger partial charge in [0.1, 0.15) is 0 Å². The molecule has 0 aliphatic heterocycles. The fourth-order valence-electron chi connectivity index (χ4n) is 11.6. The number of nitriles is 2. The van der Waals surface area contributed by atoms with Crippen molar-refractivity contribution >= 4 is 38.1 Å². The summed E-state index contributed by atoms with van der Waals surface area (Å²) in [6, 6.07) is 19.9. The Bertz CT molecular complexity index is 2350. The molecule has 3 nitrogen and oxygen atoms in total. The molecule has 3 heteroatoms. The molecule has 6 aliphatic rings. The van der Waals surface area contributed by atoms with Crippen molar-refractivity contribution in [1.29, 1.82) is 10.5 Å². The molecule has 0 unspecified atom stereocenters. The molecule has 4 aromatic carbocycles. The summed E-state index contributed by atoms with van der Waals surface area (Å²) in [5.41, 5.74) is 18.1. The van der Waals surface area contributed by atoms with Crippen LogP contribution in [0.25, 0.3) is 49.2 Å². The first-order valence-electron chi connectivity index (χ1n) is 19.6. The molecule has 250 valence electrons. The third kappa shape index (κ3) is 3.85. The van der Waals surface area contributed by atoms with Crippen molar-refractivity contribution in [3.8, 4) is 23.3 Å². The largest absolute Gasteiger partial charge is 0.308 e. The number of hydrogen-bond acceptors (Lipinski definition) is 2. The summed E-state index contributed by atoms with van der Waals surface area (Å²) in [4.78, 5) is 0. The molecule has 0 amide bonds. The molecule has 6 aromatic rings. The Morgan fingerprint density at radius 2 is 0.940 bits per heavy atom. The Balaban J connectivity index is 1.44. The summed E-state index contributed by atoms with van der Waals surface area (Å²) in [7, 11) is 0. The van der Waals surface area contributed by atoms with Gasteiger partial charge in [-0.3, -0.25) is 0 Å². The third-order valence-electron chi connectivity index (χ3n) is 13.9. The van der Waals surface area contributed by atoms with Gasteiger partial charge in [-0.15, -0.1) is 0 Å². The molecule has 12 rings (SSSR count). The summed E-state index contributed by atoms with van der Waals surface area (Å²) in [5.74, 6) is 3.24. The number of hydrogen-bond donors (Lipinski definition) is 0. The predicted octanol–water partition coefficient (Wildman–Crippen LogP) is 13.1. The number of aromatic nitrogens is 1. The first-order valence-corrected chi connectivity index (χ1v) is 19.6. The first kappa shape index (κ1) is 30.5. The third-order valence-corrected chi connectivity index (χ3v) is 13.9. The average Bonchev–Trinajstić information content (AvgIpc) is 3.65. The minimum atomic E-state index is 0.391. The minimum absolute atomic E-state index is 0.391. The molecule has 4 bridgehead atoms. The van der Waals surface area contributed by atoms with Crippen molar-refractivity contribution in [2.45, 2.75) is 134 Å². The normalized spacial score (nSPS) is 22.5. The number of rotatable bonds is 4. The van der Waals surface area contributed by atoms with Gasteiger partial charge in [0.2, 0.25) is 0 Å². The maximum absolute atomic E-state index is 10.7. The van der Waals surface area contributed by atoms with Crippen LogP contribution < -0.4 is 0 Å². The summed E-state index contributed by atoms with van der Waals surface area (Å²) in [6.07, 6.45) is 9.69. The van der Waals surface area contributed by atoms with E-state index in [1.54, 1.807) is 0 Å². The summed E-state index contributed by atoms with van der Waals surface area (Å²) in [6.45, 7) is 14.1. The zero-order valence-electron chi connectivity index (χ0n) is 30.5. The molecule has 2 fully saturated rings. The van der Waals surface area contributed by atoms with Crippen LogP contribution in [-0.2, 0) is 0 Å². The van der Waals surface area contributed by atoms with Gasteiger partial charge in [0.25, 0.3) is 0 Å². The van der Waals surface area contributed by atoms with Crippen molar-refractivity contribution in [3.05, 3.63) is 86.5 Å². The molecule has 6 aliphatic carbocycles. The smallest absolute Gasteiger partial charge is 0.0995 e. The van der Waals surface area contributed by atoms with Crippen molar-refractivity contribution in [3.63, 3.8) is 0 Å². The van der Waals surface area contributed by atoms with Crippen LogP contribution in [0.15, 0.2) is 36.4 Å². The summed E-state index contributed by atoms with van der Waals surface area (Å²) >= 11 is 0. The van der Waals surface area contributed by atoms with Gasteiger partial charge in [0.15, 0.2) is 0 Å². The highest BCUT2D eigenvalue weighted by atomic mass is 14.9. The Morgan fingerprint density at radius 1 is 0.540 bits per heavy atom. The Hall–Kier alpha value is -4.34. The van der Waals surface area contributed by atoms with E-state index in [2.05, 4.69) is 94.5 Å². The molecule has 0 spiro atoms. The van der Waals surface area contributed by atoms with Crippen LogP contribution in [0.4, 0.5) is 0 Å². The second kappa shape index (κ2) is 10.6. The number of benzene rings is 4. The van der Waals surface area contributed by atoms with E-state index in [0.717, 1.165) is 11.1 Å². The van der Waals surface area contributed by atoms with E-state index in [1.165, 1.54) is 140 Å². The van der Waals surface area contributed by atoms with Gasteiger partial charge in [-0.1, -0.05) is 53.7 Å². The van der Waals surface area contributed by atoms with Crippen LogP contribution in [0, 0.1) is 22.7 Å². The van der Waals surface area contributed by atoms with Gasteiger partial charge in [-0.25, -0.2) is 0 Å². The lowest BCUT2D eigenvalue weighted by Gasteiger charge is -2.39. The van der Waals surface area contributed by atoms with Crippen molar-refractivity contribution in [2.24, 2.45) is 0 Å². The van der Waals surface area contributed by atoms with Gasteiger partial charge in [-0.2, -0.15) is 10.5 Å². The standard InChI is InChI=1S/C47H47N3/c1-23(2)30-15-34(24(3)4)42(35(16-30)25(5)6)31-17-36-45-38(19-32(21-48)40-26-7-11-28(12-8-26)43(40)45)50-39-20-33(22-49)41-27-9-13-29(14-10-27)44(41)46(39)37(18-31)47(36)50/h15-20,23-29H,7-14H2,1-6H3. The van der Waals surface area contributed by atoms with Gasteiger partial charge in [0, 0.05) is 21.5 Å². The fraction of sp³-hybridized carbons (Fsp3) is 0.447. The highest BCUT2D eigenvalue weighted by Gasteiger charge is 2.40. The van der Waals surface area contributed by atoms with Crippen LogP contribution in [-0.4, -0.2) is 4.40 Å². The van der Waals surface area contributed by atoms with Crippen LogP contribution in [0.3, 0.4) is 0 Å². The zero-order valence-corrected chi connectivity index (χ0v) is 30.5. The van der Waals surface area contributed by atoms with E-state index in [-0.39, 0.29) is 0 Å². The molecule has 2 aromatic heterocycles. The summed E-state index contributed by atoms with van der Waals surface area (Å²) in [5, 5.41) is 26.8. The van der Waals surface area contributed by atoms with E-state index >= 15 is 0 Å². The minimum Gasteiger partial charge on any atom is -0.308 e. The molecule has 0 atom stereocenters. The second-order valence-electron chi connectivity index (χ2n) is 17.4. The maximum atomic E-state index is 10.7. The van der Waals surface area contributed by atoms with Crippen LogP contribution in [0.1, 0.15) is 184 Å². The van der Waals surface area contributed by atoms with Crippen molar-refractivity contribution in [2.75, 3.05) is 0 Å². The average molecular weight is 654 g/mol. The predicted molar refractivity (Wildman–Crippen MR) is 206 cm³/mol. The molecule has 2 saturated carbocycles. The van der Waals surface area contributed by atoms with Crippen molar-refractivity contribution < 1.29 is 0 Å². The van der Waals surface area contributed by atoms with Crippen LogP contribution >= 0.6 is 0 Å². The van der Waals surface area contributed by atoms with E-state index in [9.17, 15) is 10.5 Å². The molecular formula is C47H47N3. The molecule has 2 heterocycles. The fourth-order valence-corrected chi connectivity index (χ4v) is 11.6. The molecule has 50 heavy (non-hydrogen) atoms. The highest BCUT2D eigenvalue weighted by molar-refractivity contribution is 6.26. The van der Waals surface area contributed by atoms with Gasteiger partial charge in [-0.05, 0) is 167 Å².